The van der Waals surface area contributed by atoms with Crippen molar-refractivity contribution in [2.24, 2.45) is 0 Å². The Balaban J connectivity index is 1.84. The lowest BCUT2D eigenvalue weighted by atomic mass is 9.94. The van der Waals surface area contributed by atoms with Crippen molar-refractivity contribution in [2.45, 2.75) is 50.6 Å². The SMILES string of the molecule is COc1ccc([C@@H](C(=O)NC2CCCCC2)N(C(=O)Cc2cccs2)c2ccc(OC)c(OC)c2)cc1OC. The van der Waals surface area contributed by atoms with Crippen molar-refractivity contribution in [3.63, 3.8) is 0 Å². The molecule has 208 valence electrons. The molecule has 8 nitrogen and oxygen atoms in total. The van der Waals surface area contributed by atoms with Crippen molar-refractivity contribution in [2.75, 3.05) is 33.3 Å². The molecule has 4 rings (SSSR count). The van der Waals surface area contributed by atoms with Crippen LogP contribution < -0.4 is 29.2 Å². The quantitative estimate of drug-likeness (QED) is 0.336. The summed E-state index contributed by atoms with van der Waals surface area (Å²) in [5.74, 6) is 1.54. The molecule has 0 saturated heterocycles. The number of methoxy groups -OCH3 is 4. The lowest BCUT2D eigenvalue weighted by molar-refractivity contribution is -0.127. The normalized spacial score (nSPS) is 14.3. The summed E-state index contributed by atoms with van der Waals surface area (Å²) < 4.78 is 22.0. The third-order valence-electron chi connectivity index (χ3n) is 7.00. The van der Waals surface area contributed by atoms with Crippen molar-refractivity contribution in [1.82, 2.24) is 5.32 Å². The van der Waals surface area contributed by atoms with E-state index in [1.165, 1.54) is 17.8 Å². The maximum atomic E-state index is 14.1. The molecule has 0 radical (unpaired) electrons. The molecule has 0 aliphatic heterocycles. The van der Waals surface area contributed by atoms with E-state index in [2.05, 4.69) is 5.32 Å². The van der Waals surface area contributed by atoms with E-state index in [0.717, 1.165) is 30.6 Å². The van der Waals surface area contributed by atoms with E-state index in [0.29, 0.717) is 34.2 Å². The van der Waals surface area contributed by atoms with Crippen LogP contribution in [0.1, 0.15) is 48.6 Å². The highest BCUT2D eigenvalue weighted by molar-refractivity contribution is 7.10. The molecule has 1 aliphatic rings. The van der Waals surface area contributed by atoms with Crippen LogP contribution in [-0.2, 0) is 16.0 Å². The van der Waals surface area contributed by atoms with Crippen molar-refractivity contribution in [3.05, 3.63) is 64.4 Å². The zero-order valence-corrected chi connectivity index (χ0v) is 23.7. The molecule has 0 spiro atoms. The van der Waals surface area contributed by atoms with Crippen molar-refractivity contribution in [1.29, 1.82) is 0 Å². The second kappa shape index (κ2) is 13.4. The number of carbonyl (C=O) groups excluding carboxylic acids is 2. The molecule has 0 bridgehead atoms. The number of anilines is 1. The summed E-state index contributed by atoms with van der Waals surface area (Å²) in [4.78, 5) is 30.7. The number of benzene rings is 2. The zero-order chi connectivity index (χ0) is 27.8. The first-order chi connectivity index (χ1) is 19.0. The van der Waals surface area contributed by atoms with Gasteiger partial charge in [0.2, 0.25) is 11.8 Å². The Hall–Kier alpha value is -3.72. The van der Waals surface area contributed by atoms with Crippen LogP contribution in [0.2, 0.25) is 0 Å². The van der Waals surface area contributed by atoms with E-state index < -0.39 is 6.04 Å². The molecular weight excluding hydrogens is 516 g/mol. The van der Waals surface area contributed by atoms with Crippen LogP contribution in [0, 0.1) is 0 Å². The van der Waals surface area contributed by atoms with Gasteiger partial charge in [-0.05, 0) is 54.1 Å². The number of thiophene rings is 1. The van der Waals surface area contributed by atoms with Crippen LogP contribution in [0.25, 0.3) is 0 Å². The number of hydrogen-bond acceptors (Lipinski definition) is 7. The fourth-order valence-corrected chi connectivity index (χ4v) is 5.72. The fraction of sp³-hybridized carbons (Fsp3) is 0.400. The third kappa shape index (κ3) is 6.65. The predicted molar refractivity (Wildman–Crippen MR) is 152 cm³/mol. The Labute approximate surface area is 233 Å². The molecule has 0 unspecified atom stereocenters. The van der Waals surface area contributed by atoms with E-state index in [-0.39, 0.29) is 24.3 Å². The smallest absolute Gasteiger partial charge is 0.248 e. The fourth-order valence-electron chi connectivity index (χ4n) is 5.03. The van der Waals surface area contributed by atoms with Gasteiger partial charge < -0.3 is 24.3 Å². The van der Waals surface area contributed by atoms with Crippen LogP contribution >= 0.6 is 11.3 Å². The zero-order valence-electron chi connectivity index (χ0n) is 22.9. The molecule has 1 aromatic heterocycles. The van der Waals surface area contributed by atoms with Gasteiger partial charge in [-0.2, -0.15) is 0 Å². The summed E-state index contributed by atoms with van der Waals surface area (Å²) in [5, 5.41) is 5.18. The Kier molecular flexibility index (Phi) is 9.70. The Bertz CT molecular complexity index is 1260. The molecule has 1 heterocycles. The van der Waals surface area contributed by atoms with Gasteiger partial charge in [-0.1, -0.05) is 31.4 Å². The molecular formula is C30H36N2O6S. The standard InChI is InChI=1S/C30H36N2O6S/c1-35-24-14-12-20(17-26(24)37-3)29(30(34)31-21-9-6-5-7-10-21)32(28(33)19-23-11-8-16-39-23)22-13-15-25(36-2)27(18-22)38-4/h8,11-18,21,29H,5-7,9-10,19H2,1-4H3,(H,31,34)/t29-/m0/s1. The van der Waals surface area contributed by atoms with E-state index in [9.17, 15) is 9.59 Å². The second-order valence-electron chi connectivity index (χ2n) is 9.42. The molecule has 3 aromatic rings. The lowest BCUT2D eigenvalue weighted by Crippen LogP contribution is -2.47. The topological polar surface area (TPSA) is 86.3 Å². The third-order valence-corrected chi connectivity index (χ3v) is 7.88. The van der Waals surface area contributed by atoms with Crippen molar-refractivity contribution in [3.8, 4) is 23.0 Å². The molecule has 2 aromatic carbocycles. The molecule has 1 fully saturated rings. The van der Waals surface area contributed by atoms with Gasteiger partial charge in [0, 0.05) is 22.7 Å². The number of hydrogen-bond donors (Lipinski definition) is 1. The average molecular weight is 553 g/mol. The molecule has 1 atom stereocenters. The molecule has 1 saturated carbocycles. The summed E-state index contributed by atoms with van der Waals surface area (Å²) >= 11 is 1.50. The maximum absolute atomic E-state index is 14.1. The molecule has 1 aliphatic carbocycles. The lowest BCUT2D eigenvalue weighted by Gasteiger charge is -2.34. The number of nitrogens with zero attached hydrogens (tertiary/aromatic N) is 1. The summed E-state index contributed by atoms with van der Waals surface area (Å²) in [6, 6.07) is 13.5. The molecule has 9 heteroatoms. The summed E-state index contributed by atoms with van der Waals surface area (Å²) in [5.41, 5.74) is 1.13. The monoisotopic (exact) mass is 552 g/mol. The molecule has 39 heavy (non-hydrogen) atoms. The number of rotatable bonds is 11. The van der Waals surface area contributed by atoms with Crippen LogP contribution in [-0.4, -0.2) is 46.3 Å². The van der Waals surface area contributed by atoms with Gasteiger partial charge in [-0.15, -0.1) is 11.3 Å². The Morgan fingerprint density at radius 2 is 1.51 bits per heavy atom. The van der Waals surface area contributed by atoms with Crippen LogP contribution in [0.5, 0.6) is 23.0 Å². The summed E-state index contributed by atoms with van der Waals surface area (Å²) in [6.07, 6.45) is 5.30. The minimum absolute atomic E-state index is 0.0635. The van der Waals surface area contributed by atoms with Gasteiger partial charge in [-0.25, -0.2) is 0 Å². The van der Waals surface area contributed by atoms with Gasteiger partial charge in [0.25, 0.3) is 0 Å². The van der Waals surface area contributed by atoms with Crippen LogP contribution in [0.3, 0.4) is 0 Å². The van der Waals surface area contributed by atoms with Crippen molar-refractivity contribution < 1.29 is 28.5 Å². The van der Waals surface area contributed by atoms with E-state index in [1.807, 2.05) is 17.5 Å². The predicted octanol–water partition coefficient (Wildman–Crippen LogP) is 5.55. The number of carbonyl (C=O) groups is 2. The summed E-state index contributed by atoms with van der Waals surface area (Å²) in [7, 11) is 6.21. The first-order valence-corrected chi connectivity index (χ1v) is 14.0. The number of ether oxygens (including phenoxy) is 4. The minimum atomic E-state index is -0.961. The van der Waals surface area contributed by atoms with E-state index in [4.69, 9.17) is 18.9 Å². The average Bonchev–Trinajstić information content (AvgIpc) is 3.48. The summed E-state index contributed by atoms with van der Waals surface area (Å²) in [6.45, 7) is 0. The largest absolute Gasteiger partial charge is 0.493 e. The van der Waals surface area contributed by atoms with Gasteiger partial charge in [0.05, 0.1) is 34.9 Å². The molecule has 1 N–H and O–H groups in total. The minimum Gasteiger partial charge on any atom is -0.493 e. The first-order valence-electron chi connectivity index (χ1n) is 13.1. The van der Waals surface area contributed by atoms with Crippen LogP contribution in [0.15, 0.2) is 53.9 Å². The van der Waals surface area contributed by atoms with Gasteiger partial charge in [-0.3, -0.25) is 14.5 Å². The number of nitrogens with one attached hydrogen (secondary N) is 1. The molecule has 2 amide bonds. The van der Waals surface area contributed by atoms with Gasteiger partial charge in [0.15, 0.2) is 23.0 Å². The second-order valence-corrected chi connectivity index (χ2v) is 10.5. The van der Waals surface area contributed by atoms with Gasteiger partial charge >= 0.3 is 0 Å². The van der Waals surface area contributed by atoms with Gasteiger partial charge in [0.1, 0.15) is 6.04 Å². The van der Waals surface area contributed by atoms with Crippen LogP contribution in [0.4, 0.5) is 5.69 Å². The van der Waals surface area contributed by atoms with Crippen molar-refractivity contribution >= 4 is 28.8 Å². The number of amides is 2. The highest BCUT2D eigenvalue weighted by Gasteiger charge is 2.35. The highest BCUT2D eigenvalue weighted by atomic mass is 32.1. The Morgan fingerprint density at radius 3 is 2.13 bits per heavy atom. The van der Waals surface area contributed by atoms with E-state index in [1.54, 1.807) is 69.7 Å². The highest BCUT2D eigenvalue weighted by Crippen LogP contribution is 2.38. The maximum Gasteiger partial charge on any atom is 0.248 e. The van der Waals surface area contributed by atoms with E-state index >= 15 is 0 Å². The first kappa shape index (κ1) is 28.3. The Morgan fingerprint density at radius 1 is 0.872 bits per heavy atom.